The van der Waals surface area contributed by atoms with E-state index in [1.807, 2.05) is 32.9 Å². The third-order valence-electron chi connectivity index (χ3n) is 5.38. The summed E-state index contributed by atoms with van der Waals surface area (Å²) in [7, 11) is 0. The molecule has 0 spiro atoms. The van der Waals surface area contributed by atoms with Crippen LogP contribution in [0.15, 0.2) is 17.7 Å². The summed E-state index contributed by atoms with van der Waals surface area (Å²) >= 11 is 1.61. The maximum atomic E-state index is 12.3. The monoisotopic (exact) mass is 489 g/mol. The summed E-state index contributed by atoms with van der Waals surface area (Å²) in [6, 6.07) is 6.01. The van der Waals surface area contributed by atoms with Gasteiger partial charge in [-0.2, -0.15) is 5.26 Å². The number of piperidine rings is 1. The number of alkyl carbamates (subject to hydrolysis) is 1. The van der Waals surface area contributed by atoms with Crippen molar-refractivity contribution < 1.29 is 19.1 Å². The van der Waals surface area contributed by atoms with Crippen LogP contribution in [0.3, 0.4) is 0 Å². The van der Waals surface area contributed by atoms with Crippen molar-refractivity contribution in [1.29, 1.82) is 5.26 Å². The zero-order chi connectivity index (χ0) is 24.8. The molecule has 0 aromatic carbocycles. The Hall–Kier alpha value is -2.53. The lowest BCUT2D eigenvalue weighted by Crippen LogP contribution is -2.32. The van der Waals surface area contributed by atoms with Crippen molar-refractivity contribution in [2.75, 3.05) is 31.1 Å². The average molecular weight is 490 g/mol. The average Bonchev–Trinajstić information content (AvgIpc) is 3.26. The Kier molecular flexibility index (Phi) is 12.0. The summed E-state index contributed by atoms with van der Waals surface area (Å²) in [6.45, 7) is 8.60. The van der Waals surface area contributed by atoms with Crippen LogP contribution in [0.5, 0.6) is 0 Å². The molecule has 0 radical (unpaired) electrons. The lowest BCUT2D eigenvalue weighted by molar-refractivity contribution is -0.138. The van der Waals surface area contributed by atoms with E-state index in [1.54, 1.807) is 17.4 Å². The van der Waals surface area contributed by atoms with Gasteiger partial charge >= 0.3 is 12.1 Å². The number of esters is 1. The molecular formula is C26H39N3O4S. The maximum Gasteiger partial charge on any atom is 0.407 e. The number of nitriles is 1. The number of carbonyl (C=O) groups is 2. The molecule has 1 aliphatic heterocycles. The van der Waals surface area contributed by atoms with Crippen molar-refractivity contribution in [3.05, 3.63) is 22.6 Å². The molecule has 7 nitrogen and oxygen atoms in total. The fourth-order valence-corrected chi connectivity index (χ4v) is 4.67. The van der Waals surface area contributed by atoms with Crippen LogP contribution in [0.1, 0.15) is 83.4 Å². The highest BCUT2D eigenvalue weighted by molar-refractivity contribution is 7.17. The number of nitrogens with zero attached hydrogens (tertiary/aromatic N) is 2. The Morgan fingerprint density at radius 2 is 1.76 bits per heavy atom. The normalized spacial score (nSPS) is 14.4. The van der Waals surface area contributed by atoms with Crippen LogP contribution in [0.2, 0.25) is 0 Å². The molecule has 1 aromatic heterocycles. The quantitative estimate of drug-likeness (QED) is 0.166. The molecule has 0 atom stereocenters. The van der Waals surface area contributed by atoms with Crippen molar-refractivity contribution in [3.8, 4) is 6.07 Å². The third-order valence-corrected chi connectivity index (χ3v) is 6.47. The van der Waals surface area contributed by atoms with Crippen LogP contribution in [0, 0.1) is 11.3 Å². The number of anilines is 1. The van der Waals surface area contributed by atoms with E-state index in [0.29, 0.717) is 13.2 Å². The first kappa shape index (κ1) is 27.7. The lowest BCUT2D eigenvalue weighted by atomic mass is 10.1. The van der Waals surface area contributed by atoms with Crippen LogP contribution >= 0.6 is 11.3 Å². The Labute approximate surface area is 208 Å². The van der Waals surface area contributed by atoms with Crippen molar-refractivity contribution in [3.63, 3.8) is 0 Å². The van der Waals surface area contributed by atoms with Gasteiger partial charge in [-0.15, -0.1) is 11.3 Å². The van der Waals surface area contributed by atoms with Gasteiger partial charge in [0.2, 0.25) is 0 Å². The number of ether oxygens (including phenoxy) is 2. The maximum absolute atomic E-state index is 12.3. The van der Waals surface area contributed by atoms with E-state index in [9.17, 15) is 14.9 Å². The minimum absolute atomic E-state index is 0.0459. The van der Waals surface area contributed by atoms with Crippen molar-refractivity contribution in [2.45, 2.75) is 84.2 Å². The van der Waals surface area contributed by atoms with Gasteiger partial charge in [-0.05, 0) is 71.1 Å². The van der Waals surface area contributed by atoms with Crippen LogP contribution in [0.4, 0.5) is 9.80 Å². The van der Waals surface area contributed by atoms with E-state index >= 15 is 0 Å². The van der Waals surface area contributed by atoms with E-state index < -0.39 is 11.6 Å². The number of hydrogen-bond acceptors (Lipinski definition) is 7. The largest absolute Gasteiger partial charge is 0.462 e. The van der Waals surface area contributed by atoms with E-state index in [-0.39, 0.29) is 11.7 Å². The number of thiophene rings is 1. The topological polar surface area (TPSA) is 91.7 Å². The molecule has 1 aliphatic rings. The smallest absolute Gasteiger partial charge is 0.407 e. The summed E-state index contributed by atoms with van der Waals surface area (Å²) in [5.41, 5.74) is -0.429. The fourth-order valence-electron chi connectivity index (χ4n) is 3.66. The van der Waals surface area contributed by atoms with Gasteiger partial charge in [0, 0.05) is 24.5 Å². The van der Waals surface area contributed by atoms with Gasteiger partial charge in [0.15, 0.2) is 0 Å². The van der Waals surface area contributed by atoms with E-state index in [1.165, 1.54) is 24.3 Å². The van der Waals surface area contributed by atoms with Gasteiger partial charge in [0.1, 0.15) is 17.2 Å². The summed E-state index contributed by atoms with van der Waals surface area (Å²) in [6.07, 6.45) is 10.7. The highest BCUT2D eigenvalue weighted by Gasteiger charge is 2.16. The highest BCUT2D eigenvalue weighted by Crippen LogP contribution is 2.30. The Balaban J connectivity index is 1.56. The zero-order valence-corrected chi connectivity index (χ0v) is 21.7. The molecule has 1 N–H and O–H groups in total. The first-order valence-corrected chi connectivity index (χ1v) is 13.2. The second kappa shape index (κ2) is 14.7. The third kappa shape index (κ3) is 11.1. The van der Waals surface area contributed by atoms with E-state index in [2.05, 4.69) is 16.3 Å². The predicted octanol–water partition coefficient (Wildman–Crippen LogP) is 6.05. The summed E-state index contributed by atoms with van der Waals surface area (Å²) < 4.78 is 10.5. The number of rotatable bonds is 12. The highest BCUT2D eigenvalue weighted by atomic mass is 32.1. The number of carbonyl (C=O) groups excluding carboxylic acids is 2. The Bertz CT molecular complexity index is 845. The number of unbranched alkanes of at least 4 members (excludes halogenated alkanes) is 5. The molecule has 1 aromatic rings. The van der Waals surface area contributed by atoms with Crippen LogP contribution in [-0.2, 0) is 14.3 Å². The first-order valence-electron chi connectivity index (χ1n) is 12.4. The van der Waals surface area contributed by atoms with E-state index in [4.69, 9.17) is 9.47 Å². The number of amides is 1. The van der Waals surface area contributed by atoms with Gasteiger partial charge in [-0.25, -0.2) is 9.59 Å². The van der Waals surface area contributed by atoms with Crippen LogP contribution in [0.25, 0.3) is 6.08 Å². The summed E-state index contributed by atoms with van der Waals surface area (Å²) in [5.74, 6) is -0.552. The first-order chi connectivity index (χ1) is 16.3. The van der Waals surface area contributed by atoms with Gasteiger partial charge in [-0.3, -0.25) is 0 Å². The predicted molar refractivity (Wildman–Crippen MR) is 137 cm³/mol. The molecule has 0 aliphatic carbocycles. The molecule has 8 heteroatoms. The second-order valence-corrected chi connectivity index (χ2v) is 10.7. The van der Waals surface area contributed by atoms with Crippen LogP contribution in [-0.4, -0.2) is 43.9 Å². The number of hydrogen-bond donors (Lipinski definition) is 1. The Morgan fingerprint density at radius 1 is 1.09 bits per heavy atom. The lowest BCUT2D eigenvalue weighted by Gasteiger charge is -2.27. The molecule has 0 bridgehead atoms. The van der Waals surface area contributed by atoms with Gasteiger partial charge in [0.25, 0.3) is 0 Å². The van der Waals surface area contributed by atoms with Gasteiger partial charge in [0.05, 0.1) is 11.6 Å². The minimum Gasteiger partial charge on any atom is -0.462 e. The molecule has 0 unspecified atom stereocenters. The molecule has 2 heterocycles. The van der Waals surface area contributed by atoms with Crippen molar-refractivity contribution in [2.24, 2.45) is 0 Å². The molecular weight excluding hydrogens is 450 g/mol. The zero-order valence-electron chi connectivity index (χ0n) is 20.9. The van der Waals surface area contributed by atoms with Crippen molar-refractivity contribution >= 4 is 34.5 Å². The molecule has 34 heavy (non-hydrogen) atoms. The molecule has 2 rings (SSSR count). The van der Waals surface area contributed by atoms with Gasteiger partial charge in [-0.1, -0.05) is 25.7 Å². The van der Waals surface area contributed by atoms with Gasteiger partial charge < -0.3 is 19.7 Å². The standard InChI is InChI=1S/C26H39N3O4S/c1-26(2,3)33-25(31)28-15-9-6-4-5-7-12-18-32-24(30)21(20-27)19-22-13-14-23(34-22)29-16-10-8-11-17-29/h13-14,19H,4-12,15-18H2,1-3H3,(H,28,31)/b21-19+. The molecule has 1 amide bonds. The van der Waals surface area contributed by atoms with Crippen molar-refractivity contribution in [1.82, 2.24) is 5.32 Å². The summed E-state index contributed by atoms with van der Waals surface area (Å²) in [4.78, 5) is 27.1. The molecule has 1 fully saturated rings. The fraction of sp³-hybridized carbons (Fsp3) is 0.654. The summed E-state index contributed by atoms with van der Waals surface area (Å²) in [5, 5.41) is 13.3. The Morgan fingerprint density at radius 3 is 2.44 bits per heavy atom. The number of nitrogens with one attached hydrogen (secondary N) is 1. The van der Waals surface area contributed by atoms with Crippen LogP contribution < -0.4 is 10.2 Å². The second-order valence-electron chi connectivity index (χ2n) is 9.58. The molecule has 188 valence electrons. The van der Waals surface area contributed by atoms with E-state index in [0.717, 1.165) is 56.5 Å². The molecule has 0 saturated carbocycles. The SMILES string of the molecule is CC(C)(C)OC(=O)NCCCCCCCCOC(=O)/C(C#N)=C/c1ccc(N2CCCCC2)s1. The molecule has 1 saturated heterocycles. The minimum atomic E-state index is -0.552.